The Morgan fingerprint density at radius 3 is 2.83 bits per heavy atom. The summed E-state index contributed by atoms with van der Waals surface area (Å²) in [6.45, 7) is 5.86. The van der Waals surface area contributed by atoms with Crippen molar-refractivity contribution in [3.05, 3.63) is 40.7 Å². The molecule has 0 fully saturated rings. The van der Waals surface area contributed by atoms with Crippen LogP contribution < -0.4 is 5.32 Å². The molecule has 1 amide bonds. The molecule has 0 bridgehead atoms. The number of aromatic nitrogens is 3. The minimum absolute atomic E-state index is 0.106. The van der Waals surface area contributed by atoms with Crippen molar-refractivity contribution < 1.29 is 4.79 Å². The van der Waals surface area contributed by atoms with Crippen LogP contribution in [0.5, 0.6) is 0 Å². The average Bonchev–Trinajstić information content (AvgIpc) is 2.92. The number of halogens is 1. The molecular weight excluding hydrogens is 344 g/mol. The quantitative estimate of drug-likeness (QED) is 0.572. The summed E-state index contributed by atoms with van der Waals surface area (Å²) < 4.78 is 2.17. The number of hydrogen-bond acceptors (Lipinski definition) is 4. The van der Waals surface area contributed by atoms with Gasteiger partial charge in [-0.2, -0.15) is 0 Å². The van der Waals surface area contributed by atoms with E-state index >= 15 is 0 Å². The predicted molar refractivity (Wildman–Crippen MR) is 98.7 cm³/mol. The molecule has 0 aliphatic rings. The highest BCUT2D eigenvalue weighted by molar-refractivity contribution is 7.98. The molecular formula is C17H23ClN4OS. The normalized spacial score (nSPS) is 11.0. The van der Waals surface area contributed by atoms with E-state index in [1.54, 1.807) is 36.0 Å². The third kappa shape index (κ3) is 5.24. The number of aryl methyl sites for hydroxylation is 1. The molecule has 2 rings (SSSR count). The number of amides is 1. The molecule has 1 aromatic heterocycles. The van der Waals surface area contributed by atoms with E-state index in [9.17, 15) is 4.79 Å². The van der Waals surface area contributed by atoms with Gasteiger partial charge in [0.05, 0.1) is 0 Å². The summed E-state index contributed by atoms with van der Waals surface area (Å²) in [5, 5.41) is 12.9. The van der Waals surface area contributed by atoms with Gasteiger partial charge in [0.15, 0.2) is 5.16 Å². The van der Waals surface area contributed by atoms with Gasteiger partial charge >= 0.3 is 0 Å². The zero-order valence-corrected chi connectivity index (χ0v) is 15.8. The van der Waals surface area contributed by atoms with Crippen LogP contribution in [-0.4, -0.2) is 33.5 Å². The number of thioether (sulfide) groups is 1. The first-order valence-electron chi connectivity index (χ1n) is 8.01. The molecule has 24 heavy (non-hydrogen) atoms. The van der Waals surface area contributed by atoms with E-state index in [1.165, 1.54) is 0 Å². The lowest BCUT2D eigenvalue weighted by molar-refractivity contribution is 0.0953. The highest BCUT2D eigenvalue weighted by Gasteiger charge is 2.12. The summed E-state index contributed by atoms with van der Waals surface area (Å²) in [7, 11) is 0. The van der Waals surface area contributed by atoms with Crippen LogP contribution in [0.4, 0.5) is 0 Å². The zero-order valence-electron chi connectivity index (χ0n) is 14.3. The number of rotatable bonds is 8. The Morgan fingerprint density at radius 1 is 1.38 bits per heavy atom. The molecule has 0 saturated heterocycles. The molecule has 130 valence electrons. The maximum atomic E-state index is 12.1. The Bertz CT molecular complexity index is 687. The summed E-state index contributed by atoms with van der Waals surface area (Å²) in [6.07, 6.45) is 3.61. The van der Waals surface area contributed by atoms with Gasteiger partial charge in [-0.15, -0.1) is 10.2 Å². The zero-order chi connectivity index (χ0) is 17.5. The van der Waals surface area contributed by atoms with E-state index in [1.807, 2.05) is 6.26 Å². The lowest BCUT2D eigenvalue weighted by Gasteiger charge is -2.11. The van der Waals surface area contributed by atoms with Gasteiger partial charge in [0, 0.05) is 30.1 Å². The minimum atomic E-state index is -0.106. The van der Waals surface area contributed by atoms with E-state index in [0.29, 0.717) is 23.0 Å². The SMILES string of the molecule is CSc1nnc(CCCNC(=O)c2cccc(Cl)c2)n1CC(C)C. The van der Waals surface area contributed by atoms with Crippen molar-refractivity contribution in [2.45, 2.75) is 38.4 Å². The lowest BCUT2D eigenvalue weighted by atomic mass is 10.2. The highest BCUT2D eigenvalue weighted by Crippen LogP contribution is 2.16. The second kappa shape index (κ2) is 9.08. The van der Waals surface area contributed by atoms with Gasteiger partial charge in [0.1, 0.15) is 5.82 Å². The molecule has 0 aliphatic heterocycles. The van der Waals surface area contributed by atoms with Gasteiger partial charge < -0.3 is 9.88 Å². The standard InChI is InChI=1S/C17H23ClN4OS/c1-12(2)11-22-15(20-21-17(22)24-3)8-5-9-19-16(23)13-6-4-7-14(18)10-13/h4,6-7,10,12H,5,8-9,11H2,1-3H3,(H,19,23). The average molecular weight is 367 g/mol. The fourth-order valence-electron chi connectivity index (χ4n) is 2.38. The van der Waals surface area contributed by atoms with Crippen molar-refractivity contribution in [2.75, 3.05) is 12.8 Å². The van der Waals surface area contributed by atoms with Gasteiger partial charge in [-0.25, -0.2) is 0 Å². The first-order chi connectivity index (χ1) is 11.5. The predicted octanol–water partition coefficient (Wildman–Crippen LogP) is 3.67. The van der Waals surface area contributed by atoms with Crippen LogP contribution in [0.2, 0.25) is 5.02 Å². The van der Waals surface area contributed by atoms with Crippen LogP contribution >= 0.6 is 23.4 Å². The number of benzene rings is 1. The molecule has 0 aliphatic carbocycles. The number of nitrogens with one attached hydrogen (secondary N) is 1. The van der Waals surface area contributed by atoms with E-state index in [0.717, 1.165) is 30.4 Å². The molecule has 0 unspecified atom stereocenters. The van der Waals surface area contributed by atoms with Crippen LogP contribution in [0.25, 0.3) is 0 Å². The van der Waals surface area contributed by atoms with Gasteiger partial charge in [0.25, 0.3) is 5.91 Å². The minimum Gasteiger partial charge on any atom is -0.352 e. The highest BCUT2D eigenvalue weighted by atomic mass is 35.5. The van der Waals surface area contributed by atoms with Gasteiger partial charge in [-0.1, -0.05) is 43.3 Å². The second-order valence-corrected chi connectivity index (χ2v) is 7.19. The molecule has 0 radical (unpaired) electrons. The number of nitrogens with zero attached hydrogens (tertiary/aromatic N) is 3. The largest absolute Gasteiger partial charge is 0.352 e. The van der Waals surface area contributed by atoms with Gasteiger partial charge in [0.2, 0.25) is 0 Å². The van der Waals surface area contributed by atoms with Gasteiger partial charge in [-0.05, 0) is 36.8 Å². The van der Waals surface area contributed by atoms with E-state index in [2.05, 4.69) is 33.9 Å². The molecule has 1 heterocycles. The summed E-state index contributed by atoms with van der Waals surface area (Å²) in [4.78, 5) is 12.1. The fraction of sp³-hybridized carbons (Fsp3) is 0.471. The van der Waals surface area contributed by atoms with Crippen molar-refractivity contribution in [3.63, 3.8) is 0 Å². The molecule has 0 spiro atoms. The van der Waals surface area contributed by atoms with Crippen LogP contribution in [-0.2, 0) is 13.0 Å². The van der Waals surface area contributed by atoms with Crippen molar-refractivity contribution in [1.82, 2.24) is 20.1 Å². The first-order valence-corrected chi connectivity index (χ1v) is 9.61. The Balaban J connectivity index is 1.86. The van der Waals surface area contributed by atoms with Crippen LogP contribution in [0, 0.1) is 5.92 Å². The smallest absolute Gasteiger partial charge is 0.251 e. The van der Waals surface area contributed by atoms with Crippen molar-refractivity contribution in [2.24, 2.45) is 5.92 Å². The molecule has 0 saturated carbocycles. The van der Waals surface area contributed by atoms with Crippen molar-refractivity contribution >= 4 is 29.3 Å². The van der Waals surface area contributed by atoms with Crippen LogP contribution in [0.1, 0.15) is 36.5 Å². The van der Waals surface area contributed by atoms with Crippen molar-refractivity contribution in [3.8, 4) is 0 Å². The molecule has 5 nitrogen and oxygen atoms in total. The van der Waals surface area contributed by atoms with Crippen molar-refractivity contribution in [1.29, 1.82) is 0 Å². The van der Waals surface area contributed by atoms with E-state index < -0.39 is 0 Å². The van der Waals surface area contributed by atoms with Crippen LogP contribution in [0.3, 0.4) is 0 Å². The topological polar surface area (TPSA) is 59.8 Å². The molecule has 7 heteroatoms. The fourth-order valence-corrected chi connectivity index (χ4v) is 3.10. The Kier molecular flexibility index (Phi) is 7.12. The molecule has 0 atom stereocenters. The molecule has 2 aromatic rings. The first kappa shape index (κ1) is 18.8. The monoisotopic (exact) mass is 366 g/mol. The third-order valence-electron chi connectivity index (χ3n) is 3.47. The van der Waals surface area contributed by atoms with Crippen LogP contribution in [0.15, 0.2) is 29.4 Å². The molecule has 1 aromatic carbocycles. The third-order valence-corrected chi connectivity index (χ3v) is 4.38. The Hall–Kier alpha value is -1.53. The lowest BCUT2D eigenvalue weighted by Crippen LogP contribution is -2.25. The maximum absolute atomic E-state index is 12.1. The Labute approximate surface area is 152 Å². The summed E-state index contributed by atoms with van der Waals surface area (Å²) in [5.74, 6) is 1.41. The number of hydrogen-bond donors (Lipinski definition) is 1. The number of carbonyl (C=O) groups is 1. The van der Waals surface area contributed by atoms with Gasteiger partial charge in [-0.3, -0.25) is 4.79 Å². The number of carbonyl (C=O) groups excluding carboxylic acids is 1. The van der Waals surface area contributed by atoms with E-state index in [-0.39, 0.29) is 5.91 Å². The molecule has 1 N–H and O–H groups in total. The second-order valence-electron chi connectivity index (χ2n) is 5.98. The summed E-state index contributed by atoms with van der Waals surface area (Å²) in [5.41, 5.74) is 0.579. The summed E-state index contributed by atoms with van der Waals surface area (Å²) in [6, 6.07) is 6.95. The summed E-state index contributed by atoms with van der Waals surface area (Å²) >= 11 is 7.51. The Morgan fingerprint density at radius 2 is 2.17 bits per heavy atom. The maximum Gasteiger partial charge on any atom is 0.251 e. The van der Waals surface area contributed by atoms with E-state index in [4.69, 9.17) is 11.6 Å².